The number of anilines is 2. The molecule has 6 nitrogen and oxygen atoms in total. The van der Waals surface area contributed by atoms with E-state index < -0.39 is 6.04 Å². The molecule has 3 aromatic rings. The minimum absolute atomic E-state index is 0.229. The minimum atomic E-state index is -0.491. The molecule has 1 amide bonds. The fraction of sp³-hybridized carbons (Fsp3) is 0.167. The molecule has 152 valence electrons. The molecule has 2 N–H and O–H groups in total. The molecule has 0 saturated heterocycles. The van der Waals surface area contributed by atoms with E-state index in [0.29, 0.717) is 29.4 Å². The Balaban J connectivity index is 1.56. The maximum Gasteiger partial charge on any atom is 0.246 e. The number of nitrogens with zero attached hydrogens (tertiary/aromatic N) is 1. The molecule has 0 aliphatic heterocycles. The molecule has 0 fully saturated rings. The molecule has 0 heterocycles. The molecular weight excluding hydrogens is 378 g/mol. The average Bonchev–Trinajstić information content (AvgIpc) is 2.77. The van der Waals surface area contributed by atoms with Crippen LogP contribution in [0.5, 0.6) is 17.2 Å². The molecule has 0 unspecified atom stereocenters. The highest BCUT2D eigenvalue weighted by molar-refractivity contribution is 5.97. The molecule has 1 atom stereocenters. The van der Waals surface area contributed by atoms with E-state index in [1.54, 1.807) is 31.2 Å². The molecule has 0 saturated carbocycles. The Labute approximate surface area is 176 Å². The smallest absolute Gasteiger partial charge is 0.246 e. The van der Waals surface area contributed by atoms with Crippen LogP contribution in [0.2, 0.25) is 0 Å². The summed E-state index contributed by atoms with van der Waals surface area (Å²) in [6.07, 6.45) is 0. The second-order valence-corrected chi connectivity index (χ2v) is 6.54. The Hall–Kier alpha value is -3.98. The van der Waals surface area contributed by atoms with Gasteiger partial charge >= 0.3 is 0 Å². The number of carbonyl (C=O) groups excluding carboxylic acids is 1. The van der Waals surface area contributed by atoms with Crippen molar-refractivity contribution in [3.63, 3.8) is 0 Å². The Morgan fingerprint density at radius 1 is 0.967 bits per heavy atom. The third-order valence-corrected chi connectivity index (χ3v) is 4.31. The van der Waals surface area contributed by atoms with Crippen molar-refractivity contribution in [3.05, 3.63) is 78.4 Å². The Bertz CT molecular complexity index is 1020. The number of para-hydroxylation sites is 1. The van der Waals surface area contributed by atoms with Crippen LogP contribution in [0.3, 0.4) is 0 Å². The average molecular weight is 401 g/mol. The standard InChI is InChI=1S/C24H23N3O3/c1-3-29-20-12-14-22(15-13-20)30-21-10-8-19(9-11-21)26-17(2)24(28)27-23-7-5-4-6-18(23)16-25/h4-15,17,26H,3H2,1-2H3,(H,27,28)/t17-/m1/s1. The summed E-state index contributed by atoms with van der Waals surface area (Å²) in [4.78, 5) is 12.4. The van der Waals surface area contributed by atoms with Crippen molar-refractivity contribution in [1.29, 1.82) is 5.26 Å². The number of nitriles is 1. The summed E-state index contributed by atoms with van der Waals surface area (Å²) in [5.74, 6) is 1.97. The number of hydrogen-bond acceptors (Lipinski definition) is 5. The zero-order chi connectivity index (χ0) is 21.3. The molecule has 0 bridgehead atoms. The summed E-state index contributed by atoms with van der Waals surface area (Å²) in [5.41, 5.74) is 1.71. The van der Waals surface area contributed by atoms with Gasteiger partial charge in [0.05, 0.1) is 17.9 Å². The number of carbonyl (C=O) groups is 1. The zero-order valence-electron chi connectivity index (χ0n) is 16.9. The normalized spacial score (nSPS) is 11.1. The predicted octanol–water partition coefficient (Wildman–Crippen LogP) is 5.19. The van der Waals surface area contributed by atoms with Gasteiger partial charge in [-0.2, -0.15) is 5.26 Å². The van der Waals surface area contributed by atoms with E-state index in [2.05, 4.69) is 16.7 Å². The monoisotopic (exact) mass is 401 g/mol. The van der Waals surface area contributed by atoms with Crippen LogP contribution < -0.4 is 20.1 Å². The van der Waals surface area contributed by atoms with Crippen molar-refractivity contribution in [3.8, 4) is 23.3 Å². The first-order valence-corrected chi connectivity index (χ1v) is 9.66. The summed E-state index contributed by atoms with van der Waals surface area (Å²) < 4.78 is 11.3. The second-order valence-electron chi connectivity index (χ2n) is 6.54. The highest BCUT2D eigenvalue weighted by Crippen LogP contribution is 2.25. The van der Waals surface area contributed by atoms with E-state index in [4.69, 9.17) is 14.7 Å². The molecule has 3 rings (SSSR count). The van der Waals surface area contributed by atoms with Crippen LogP contribution in [0.4, 0.5) is 11.4 Å². The Morgan fingerprint density at radius 3 is 2.20 bits per heavy atom. The maximum atomic E-state index is 12.4. The Morgan fingerprint density at radius 2 is 1.57 bits per heavy atom. The van der Waals surface area contributed by atoms with Crippen molar-refractivity contribution in [2.24, 2.45) is 0 Å². The van der Waals surface area contributed by atoms with Crippen LogP contribution in [0, 0.1) is 11.3 Å². The minimum Gasteiger partial charge on any atom is -0.494 e. The fourth-order valence-electron chi connectivity index (χ4n) is 2.77. The van der Waals surface area contributed by atoms with Gasteiger partial charge in [0.1, 0.15) is 29.4 Å². The first-order chi connectivity index (χ1) is 14.6. The largest absolute Gasteiger partial charge is 0.494 e. The third kappa shape index (κ3) is 5.52. The van der Waals surface area contributed by atoms with E-state index in [-0.39, 0.29) is 5.91 Å². The van der Waals surface area contributed by atoms with E-state index >= 15 is 0 Å². The number of nitrogens with one attached hydrogen (secondary N) is 2. The van der Waals surface area contributed by atoms with E-state index in [9.17, 15) is 4.79 Å². The number of rotatable bonds is 8. The Kier molecular flexibility index (Phi) is 6.91. The van der Waals surface area contributed by atoms with Crippen LogP contribution in [0.25, 0.3) is 0 Å². The highest BCUT2D eigenvalue weighted by atomic mass is 16.5. The lowest BCUT2D eigenvalue weighted by molar-refractivity contribution is -0.116. The van der Waals surface area contributed by atoms with Gasteiger partial charge in [-0.25, -0.2) is 0 Å². The van der Waals surface area contributed by atoms with E-state index in [1.165, 1.54) is 0 Å². The van der Waals surface area contributed by atoms with Gasteiger partial charge in [0.25, 0.3) is 0 Å². The maximum absolute atomic E-state index is 12.4. The molecule has 0 aliphatic rings. The SMILES string of the molecule is CCOc1ccc(Oc2ccc(N[C@H](C)C(=O)Nc3ccccc3C#N)cc2)cc1. The lowest BCUT2D eigenvalue weighted by Gasteiger charge is -2.16. The van der Waals surface area contributed by atoms with Crippen LogP contribution in [0.15, 0.2) is 72.8 Å². The molecular formula is C24H23N3O3. The van der Waals surface area contributed by atoms with Crippen molar-refractivity contribution < 1.29 is 14.3 Å². The zero-order valence-corrected chi connectivity index (χ0v) is 16.9. The highest BCUT2D eigenvalue weighted by Gasteiger charge is 2.14. The third-order valence-electron chi connectivity index (χ3n) is 4.31. The summed E-state index contributed by atoms with van der Waals surface area (Å²) in [6, 6.07) is 23.2. The van der Waals surface area contributed by atoms with Crippen LogP contribution in [-0.2, 0) is 4.79 Å². The first-order valence-electron chi connectivity index (χ1n) is 9.66. The topological polar surface area (TPSA) is 83.4 Å². The molecule has 0 aromatic heterocycles. The molecule has 0 aliphatic carbocycles. The molecule has 30 heavy (non-hydrogen) atoms. The number of benzene rings is 3. The molecule has 3 aromatic carbocycles. The van der Waals surface area contributed by atoms with Gasteiger partial charge in [-0.1, -0.05) is 12.1 Å². The first kappa shape index (κ1) is 20.7. The van der Waals surface area contributed by atoms with E-state index in [1.807, 2.05) is 55.5 Å². The van der Waals surface area contributed by atoms with Crippen molar-refractivity contribution >= 4 is 17.3 Å². The van der Waals surface area contributed by atoms with Gasteiger partial charge in [0.15, 0.2) is 0 Å². The number of hydrogen-bond donors (Lipinski definition) is 2. The van der Waals surface area contributed by atoms with Crippen molar-refractivity contribution in [2.75, 3.05) is 17.2 Å². The van der Waals surface area contributed by atoms with Crippen molar-refractivity contribution in [2.45, 2.75) is 19.9 Å². The summed E-state index contributed by atoms with van der Waals surface area (Å²) in [5, 5.41) is 15.1. The van der Waals surface area contributed by atoms with Gasteiger partial charge in [-0.3, -0.25) is 4.79 Å². The lowest BCUT2D eigenvalue weighted by atomic mass is 10.2. The fourth-order valence-corrected chi connectivity index (χ4v) is 2.77. The van der Waals surface area contributed by atoms with Gasteiger partial charge < -0.3 is 20.1 Å². The van der Waals surface area contributed by atoms with Gasteiger partial charge in [0.2, 0.25) is 5.91 Å². The van der Waals surface area contributed by atoms with Gasteiger partial charge in [-0.15, -0.1) is 0 Å². The van der Waals surface area contributed by atoms with Crippen LogP contribution >= 0.6 is 0 Å². The quantitative estimate of drug-likeness (QED) is 0.543. The van der Waals surface area contributed by atoms with Crippen molar-refractivity contribution in [1.82, 2.24) is 0 Å². The molecule has 0 spiro atoms. The summed E-state index contributed by atoms with van der Waals surface area (Å²) in [6.45, 7) is 4.32. The van der Waals surface area contributed by atoms with Crippen LogP contribution in [0.1, 0.15) is 19.4 Å². The van der Waals surface area contributed by atoms with Gasteiger partial charge in [0, 0.05) is 5.69 Å². The van der Waals surface area contributed by atoms with E-state index in [0.717, 1.165) is 11.4 Å². The van der Waals surface area contributed by atoms with Crippen LogP contribution in [-0.4, -0.2) is 18.6 Å². The summed E-state index contributed by atoms with van der Waals surface area (Å²) in [7, 11) is 0. The predicted molar refractivity (Wildman–Crippen MR) is 117 cm³/mol. The molecule has 6 heteroatoms. The second kappa shape index (κ2) is 9.99. The summed E-state index contributed by atoms with van der Waals surface area (Å²) >= 11 is 0. The molecule has 0 radical (unpaired) electrons. The number of ether oxygens (including phenoxy) is 2. The van der Waals surface area contributed by atoms with Gasteiger partial charge in [-0.05, 0) is 74.5 Å². The number of amides is 1. The lowest BCUT2D eigenvalue weighted by Crippen LogP contribution is -2.32.